The summed E-state index contributed by atoms with van der Waals surface area (Å²) in [5, 5.41) is 19.1. The van der Waals surface area contributed by atoms with E-state index in [1.807, 2.05) is 0 Å². The second-order valence-electron chi connectivity index (χ2n) is 3.44. The quantitative estimate of drug-likeness (QED) is 0.489. The van der Waals surface area contributed by atoms with Gasteiger partial charge in [-0.3, -0.25) is 0 Å². The van der Waals surface area contributed by atoms with Crippen LogP contribution in [0.25, 0.3) is 0 Å². The van der Waals surface area contributed by atoms with Gasteiger partial charge in [0.15, 0.2) is 6.29 Å². The Morgan fingerprint density at radius 1 is 1.55 bits per heavy atom. The molecule has 0 aromatic rings. The Hall–Kier alpha value is -0.160. The van der Waals surface area contributed by atoms with Crippen LogP contribution in [-0.4, -0.2) is 40.9 Å². The normalized spacial score (nSPS) is 56.5. The van der Waals surface area contributed by atoms with Crippen LogP contribution in [-0.2, 0) is 9.47 Å². The summed E-state index contributed by atoms with van der Waals surface area (Å²) in [6, 6.07) is 0. The minimum Gasteiger partial charge on any atom is -0.387 e. The zero-order chi connectivity index (χ0) is 8.06. The van der Waals surface area contributed by atoms with Gasteiger partial charge in [-0.2, -0.15) is 0 Å². The summed E-state index contributed by atoms with van der Waals surface area (Å²) in [6.07, 6.45) is -1.13. The molecule has 64 valence electrons. The molecule has 2 aliphatic heterocycles. The number of hydrogen-bond donors (Lipinski definition) is 2. The van der Waals surface area contributed by atoms with E-state index >= 15 is 0 Å². The van der Waals surface area contributed by atoms with Crippen LogP contribution < -0.4 is 0 Å². The molecule has 2 bridgehead atoms. The van der Waals surface area contributed by atoms with Crippen molar-refractivity contribution in [3.05, 3.63) is 0 Å². The monoisotopic (exact) mass is 160 g/mol. The molecule has 0 aromatic heterocycles. The van der Waals surface area contributed by atoms with Crippen LogP contribution in [0.2, 0.25) is 0 Å². The molecule has 0 saturated carbocycles. The van der Waals surface area contributed by atoms with Gasteiger partial charge in [-0.1, -0.05) is 0 Å². The topological polar surface area (TPSA) is 58.9 Å². The largest absolute Gasteiger partial charge is 0.387 e. The van der Waals surface area contributed by atoms with Crippen molar-refractivity contribution in [2.45, 2.75) is 37.4 Å². The lowest BCUT2D eigenvalue weighted by atomic mass is 9.90. The minimum absolute atomic E-state index is 0.321. The van der Waals surface area contributed by atoms with Gasteiger partial charge >= 0.3 is 0 Å². The molecular weight excluding hydrogens is 148 g/mol. The van der Waals surface area contributed by atoms with E-state index in [4.69, 9.17) is 9.47 Å². The Balaban J connectivity index is 2.18. The molecule has 4 heteroatoms. The van der Waals surface area contributed by atoms with Crippen LogP contribution in [0.15, 0.2) is 0 Å². The summed E-state index contributed by atoms with van der Waals surface area (Å²) in [5.74, 6) is 0. The van der Waals surface area contributed by atoms with Crippen molar-refractivity contribution >= 4 is 0 Å². The van der Waals surface area contributed by atoms with Gasteiger partial charge in [-0.15, -0.1) is 0 Å². The fraction of sp³-hybridized carbons (Fsp3) is 1.00. The smallest absolute Gasteiger partial charge is 0.161 e. The Bertz CT molecular complexity index is 168. The Kier molecular flexibility index (Phi) is 1.47. The average molecular weight is 160 g/mol. The third kappa shape index (κ3) is 1.06. The molecule has 0 aliphatic carbocycles. The lowest BCUT2D eigenvalue weighted by Crippen LogP contribution is -2.52. The Labute approximate surface area is 64.7 Å². The van der Waals surface area contributed by atoms with Crippen molar-refractivity contribution < 1.29 is 19.7 Å². The van der Waals surface area contributed by atoms with E-state index in [0.717, 1.165) is 0 Å². The average Bonchev–Trinajstić information content (AvgIpc) is 2.29. The van der Waals surface area contributed by atoms with E-state index in [9.17, 15) is 10.2 Å². The second kappa shape index (κ2) is 2.17. The van der Waals surface area contributed by atoms with Gasteiger partial charge < -0.3 is 19.7 Å². The van der Waals surface area contributed by atoms with Crippen LogP contribution >= 0.6 is 0 Å². The highest BCUT2D eigenvalue weighted by molar-refractivity contribution is 4.95. The number of aliphatic hydroxyl groups excluding tert-OH is 1. The van der Waals surface area contributed by atoms with Gasteiger partial charge in [0, 0.05) is 6.42 Å². The third-order valence-electron chi connectivity index (χ3n) is 2.34. The Morgan fingerprint density at radius 3 is 3.00 bits per heavy atom. The molecule has 0 aromatic carbocycles. The van der Waals surface area contributed by atoms with E-state index in [0.29, 0.717) is 13.0 Å². The van der Waals surface area contributed by atoms with Gasteiger partial charge in [0.2, 0.25) is 0 Å². The van der Waals surface area contributed by atoms with E-state index in [-0.39, 0.29) is 12.4 Å². The molecule has 2 N–H and O–H groups in total. The molecular formula is C7H12O4. The predicted octanol–water partition coefficient (Wildman–Crippen LogP) is -0.757. The minimum atomic E-state index is -1.05. The molecule has 2 saturated heterocycles. The first kappa shape index (κ1) is 7.49. The maximum absolute atomic E-state index is 9.61. The molecule has 11 heavy (non-hydrogen) atoms. The van der Waals surface area contributed by atoms with Crippen molar-refractivity contribution in [1.82, 2.24) is 0 Å². The molecule has 0 spiro atoms. The fourth-order valence-electron chi connectivity index (χ4n) is 1.61. The number of rotatable bonds is 0. The maximum Gasteiger partial charge on any atom is 0.161 e. The molecule has 4 nitrogen and oxygen atoms in total. The predicted molar refractivity (Wildman–Crippen MR) is 35.9 cm³/mol. The summed E-state index contributed by atoms with van der Waals surface area (Å²) in [6.45, 7) is 2.00. The molecule has 4 unspecified atom stereocenters. The first-order valence-corrected chi connectivity index (χ1v) is 3.77. The number of fused-ring (bicyclic) bond motifs is 2. The molecule has 2 aliphatic rings. The fourth-order valence-corrected chi connectivity index (χ4v) is 1.61. The van der Waals surface area contributed by atoms with Gasteiger partial charge in [0.25, 0.3) is 0 Å². The third-order valence-corrected chi connectivity index (χ3v) is 2.34. The van der Waals surface area contributed by atoms with Crippen molar-refractivity contribution in [3.8, 4) is 0 Å². The first-order valence-electron chi connectivity index (χ1n) is 3.77. The van der Waals surface area contributed by atoms with Crippen LogP contribution in [0.3, 0.4) is 0 Å². The zero-order valence-corrected chi connectivity index (χ0v) is 6.36. The SMILES string of the molecule is CC1(O)CC2OCC(O2)C1O. The summed E-state index contributed by atoms with van der Waals surface area (Å²) in [7, 11) is 0. The Morgan fingerprint density at radius 2 is 2.27 bits per heavy atom. The van der Waals surface area contributed by atoms with E-state index in [1.54, 1.807) is 6.92 Å². The molecule has 0 radical (unpaired) electrons. The van der Waals surface area contributed by atoms with Gasteiger partial charge in [-0.25, -0.2) is 0 Å². The van der Waals surface area contributed by atoms with E-state index < -0.39 is 11.7 Å². The summed E-state index contributed by atoms with van der Waals surface area (Å²) < 4.78 is 10.4. The number of hydrogen-bond acceptors (Lipinski definition) is 4. The summed E-state index contributed by atoms with van der Waals surface area (Å²) in [4.78, 5) is 0. The van der Waals surface area contributed by atoms with Crippen molar-refractivity contribution in [2.24, 2.45) is 0 Å². The van der Waals surface area contributed by atoms with Gasteiger partial charge in [-0.05, 0) is 6.92 Å². The van der Waals surface area contributed by atoms with Crippen LogP contribution in [0, 0.1) is 0 Å². The lowest BCUT2D eigenvalue weighted by molar-refractivity contribution is -0.205. The van der Waals surface area contributed by atoms with Gasteiger partial charge in [0.1, 0.15) is 12.2 Å². The highest BCUT2D eigenvalue weighted by atomic mass is 16.7. The van der Waals surface area contributed by atoms with E-state index in [2.05, 4.69) is 0 Å². The highest BCUT2D eigenvalue weighted by Crippen LogP contribution is 2.33. The van der Waals surface area contributed by atoms with Gasteiger partial charge in [0.05, 0.1) is 12.2 Å². The summed E-state index contributed by atoms with van der Waals surface area (Å²) in [5.41, 5.74) is -1.05. The standard InChI is InChI=1S/C7H12O4/c1-7(9)2-5-10-3-4(11-5)6(7)8/h4-6,8-9H,2-3H2,1H3. The first-order chi connectivity index (χ1) is 5.09. The number of ether oxygens (including phenoxy) is 2. The van der Waals surface area contributed by atoms with Crippen molar-refractivity contribution in [2.75, 3.05) is 6.61 Å². The number of aliphatic hydroxyl groups is 2. The lowest BCUT2D eigenvalue weighted by Gasteiger charge is -2.36. The van der Waals surface area contributed by atoms with Crippen LogP contribution in [0.5, 0.6) is 0 Å². The summed E-state index contributed by atoms with van der Waals surface area (Å²) >= 11 is 0. The van der Waals surface area contributed by atoms with Crippen LogP contribution in [0.1, 0.15) is 13.3 Å². The molecule has 2 fully saturated rings. The van der Waals surface area contributed by atoms with Crippen molar-refractivity contribution in [3.63, 3.8) is 0 Å². The van der Waals surface area contributed by atoms with Crippen LogP contribution in [0.4, 0.5) is 0 Å². The molecule has 4 atom stereocenters. The highest BCUT2D eigenvalue weighted by Gasteiger charge is 2.49. The maximum atomic E-state index is 9.61. The van der Waals surface area contributed by atoms with Crippen molar-refractivity contribution in [1.29, 1.82) is 0 Å². The zero-order valence-electron chi connectivity index (χ0n) is 6.36. The molecule has 0 amide bonds. The second-order valence-corrected chi connectivity index (χ2v) is 3.44. The molecule has 2 rings (SSSR count). The van der Waals surface area contributed by atoms with E-state index in [1.165, 1.54) is 0 Å². The molecule has 2 heterocycles.